The lowest BCUT2D eigenvalue weighted by atomic mass is 9.94. The second-order valence-electron chi connectivity index (χ2n) is 7.73. The molecule has 1 aromatic carbocycles. The van der Waals surface area contributed by atoms with E-state index >= 15 is 0 Å². The summed E-state index contributed by atoms with van der Waals surface area (Å²) in [5.74, 6) is 1.60. The van der Waals surface area contributed by atoms with Crippen molar-refractivity contribution in [1.29, 1.82) is 0 Å². The molecule has 1 aromatic rings. The molecule has 2 fully saturated rings. The highest BCUT2D eigenvalue weighted by Crippen LogP contribution is 2.23. The number of likely N-dealkylation sites (tertiary alicyclic amines) is 2. The molecule has 2 aliphatic rings. The Morgan fingerprint density at radius 3 is 2.50 bits per heavy atom. The number of carbonyl (C=O) groups excluding carboxylic acids is 1. The first-order chi connectivity index (χ1) is 11.6. The molecule has 2 amide bonds. The van der Waals surface area contributed by atoms with Crippen LogP contribution in [-0.4, -0.2) is 48.6 Å². The Morgan fingerprint density at radius 1 is 1.12 bits per heavy atom. The topological polar surface area (TPSA) is 35.6 Å². The number of nitrogens with zero attached hydrogens (tertiary/aromatic N) is 2. The van der Waals surface area contributed by atoms with E-state index in [0.29, 0.717) is 0 Å². The van der Waals surface area contributed by atoms with E-state index in [1.165, 1.54) is 38.0 Å². The molecule has 2 aliphatic heterocycles. The lowest BCUT2D eigenvalue weighted by Gasteiger charge is -2.37. The summed E-state index contributed by atoms with van der Waals surface area (Å²) < 4.78 is 0. The standard InChI is InChI=1S/C20H31N3O/c1-16-5-7-19(8-6-16)21-20(24)23-12-9-18(10-13-23)15-22-11-3-4-17(2)14-22/h5-8,17-18H,3-4,9-15H2,1-2H3,(H,21,24). The van der Waals surface area contributed by atoms with Crippen LogP contribution in [0.1, 0.15) is 38.2 Å². The SMILES string of the molecule is Cc1ccc(NC(=O)N2CCC(CN3CCCC(C)C3)CC2)cc1. The molecule has 0 bridgehead atoms. The molecule has 2 heterocycles. The van der Waals surface area contributed by atoms with Gasteiger partial charge in [-0.05, 0) is 63.1 Å². The molecular formula is C20H31N3O. The molecule has 3 rings (SSSR count). The Labute approximate surface area is 146 Å². The molecule has 1 unspecified atom stereocenters. The van der Waals surface area contributed by atoms with Crippen molar-refractivity contribution in [2.45, 2.75) is 39.5 Å². The number of hydrogen-bond donors (Lipinski definition) is 1. The van der Waals surface area contributed by atoms with Crippen molar-refractivity contribution in [3.63, 3.8) is 0 Å². The van der Waals surface area contributed by atoms with Crippen LogP contribution in [0, 0.1) is 18.8 Å². The zero-order valence-electron chi connectivity index (χ0n) is 15.1. The normalized spacial score (nSPS) is 23.2. The van der Waals surface area contributed by atoms with Gasteiger partial charge >= 0.3 is 6.03 Å². The molecule has 0 radical (unpaired) electrons. The van der Waals surface area contributed by atoms with Crippen molar-refractivity contribution in [3.05, 3.63) is 29.8 Å². The minimum Gasteiger partial charge on any atom is -0.325 e. The van der Waals surface area contributed by atoms with Crippen molar-refractivity contribution in [2.24, 2.45) is 11.8 Å². The van der Waals surface area contributed by atoms with Gasteiger partial charge in [0.25, 0.3) is 0 Å². The number of aryl methyl sites for hydroxylation is 1. The number of benzene rings is 1. The van der Waals surface area contributed by atoms with Gasteiger partial charge in [-0.25, -0.2) is 4.79 Å². The van der Waals surface area contributed by atoms with Crippen LogP contribution < -0.4 is 5.32 Å². The van der Waals surface area contributed by atoms with Gasteiger partial charge in [0.1, 0.15) is 0 Å². The molecule has 4 heteroatoms. The summed E-state index contributed by atoms with van der Waals surface area (Å²) in [5.41, 5.74) is 2.09. The third-order valence-corrected chi connectivity index (χ3v) is 5.46. The van der Waals surface area contributed by atoms with Crippen molar-refractivity contribution in [1.82, 2.24) is 9.80 Å². The molecule has 2 saturated heterocycles. The van der Waals surface area contributed by atoms with Crippen molar-refractivity contribution < 1.29 is 4.79 Å². The van der Waals surface area contributed by atoms with Gasteiger partial charge in [-0.1, -0.05) is 24.6 Å². The quantitative estimate of drug-likeness (QED) is 0.911. The maximum atomic E-state index is 12.4. The van der Waals surface area contributed by atoms with E-state index in [1.54, 1.807) is 0 Å². The number of hydrogen-bond acceptors (Lipinski definition) is 2. The Balaban J connectivity index is 1.42. The second-order valence-corrected chi connectivity index (χ2v) is 7.73. The van der Waals surface area contributed by atoms with Crippen molar-refractivity contribution in [3.8, 4) is 0 Å². The van der Waals surface area contributed by atoms with Crippen LogP contribution in [0.15, 0.2) is 24.3 Å². The van der Waals surface area contributed by atoms with Crippen LogP contribution in [0.4, 0.5) is 10.5 Å². The van der Waals surface area contributed by atoms with E-state index in [-0.39, 0.29) is 6.03 Å². The summed E-state index contributed by atoms with van der Waals surface area (Å²) in [4.78, 5) is 17.0. The monoisotopic (exact) mass is 329 g/mol. The molecule has 132 valence electrons. The highest BCUT2D eigenvalue weighted by Gasteiger charge is 2.25. The number of nitrogens with one attached hydrogen (secondary N) is 1. The van der Waals surface area contributed by atoms with Crippen LogP contribution in [-0.2, 0) is 0 Å². The fourth-order valence-corrected chi connectivity index (χ4v) is 3.98. The summed E-state index contributed by atoms with van der Waals surface area (Å²) >= 11 is 0. The third-order valence-electron chi connectivity index (χ3n) is 5.46. The van der Waals surface area contributed by atoms with E-state index in [9.17, 15) is 4.79 Å². The molecule has 1 N–H and O–H groups in total. The van der Waals surface area contributed by atoms with Crippen LogP contribution >= 0.6 is 0 Å². The van der Waals surface area contributed by atoms with Crippen molar-refractivity contribution in [2.75, 3.05) is 38.0 Å². The zero-order valence-corrected chi connectivity index (χ0v) is 15.1. The van der Waals surface area contributed by atoms with Crippen molar-refractivity contribution >= 4 is 11.7 Å². The van der Waals surface area contributed by atoms with E-state index in [4.69, 9.17) is 0 Å². The molecule has 4 nitrogen and oxygen atoms in total. The molecule has 0 saturated carbocycles. The van der Waals surface area contributed by atoms with E-state index in [1.807, 2.05) is 29.2 Å². The minimum atomic E-state index is 0.0453. The number of rotatable bonds is 3. The maximum Gasteiger partial charge on any atom is 0.321 e. The van der Waals surface area contributed by atoms with Gasteiger partial charge in [0.05, 0.1) is 0 Å². The average Bonchev–Trinajstić information content (AvgIpc) is 2.57. The summed E-state index contributed by atoms with van der Waals surface area (Å²) in [7, 11) is 0. The fourth-order valence-electron chi connectivity index (χ4n) is 3.98. The largest absolute Gasteiger partial charge is 0.325 e. The Bertz CT molecular complexity index is 534. The predicted molar refractivity (Wildman–Crippen MR) is 99.3 cm³/mol. The first kappa shape index (κ1) is 17.3. The first-order valence-corrected chi connectivity index (χ1v) is 9.45. The Morgan fingerprint density at radius 2 is 1.83 bits per heavy atom. The van der Waals surface area contributed by atoms with Crippen LogP contribution in [0.5, 0.6) is 0 Å². The van der Waals surface area contributed by atoms with Gasteiger partial charge in [0.15, 0.2) is 0 Å². The fraction of sp³-hybridized carbons (Fsp3) is 0.650. The van der Waals surface area contributed by atoms with Crippen LogP contribution in [0.3, 0.4) is 0 Å². The predicted octanol–water partition coefficient (Wildman–Crippen LogP) is 3.97. The lowest BCUT2D eigenvalue weighted by Crippen LogP contribution is -2.44. The van der Waals surface area contributed by atoms with Gasteiger partial charge < -0.3 is 15.1 Å². The van der Waals surface area contributed by atoms with Gasteiger partial charge in [-0.2, -0.15) is 0 Å². The minimum absolute atomic E-state index is 0.0453. The molecule has 0 spiro atoms. The first-order valence-electron chi connectivity index (χ1n) is 9.45. The smallest absolute Gasteiger partial charge is 0.321 e. The number of amides is 2. The summed E-state index contributed by atoms with van der Waals surface area (Å²) in [5, 5.41) is 3.02. The van der Waals surface area contributed by atoms with Crippen LogP contribution in [0.2, 0.25) is 0 Å². The van der Waals surface area contributed by atoms with Gasteiger partial charge in [-0.3, -0.25) is 0 Å². The number of anilines is 1. The number of urea groups is 1. The second kappa shape index (κ2) is 8.02. The molecule has 24 heavy (non-hydrogen) atoms. The summed E-state index contributed by atoms with van der Waals surface area (Å²) in [6, 6.07) is 8.04. The highest BCUT2D eigenvalue weighted by atomic mass is 16.2. The maximum absolute atomic E-state index is 12.4. The van der Waals surface area contributed by atoms with Crippen LogP contribution in [0.25, 0.3) is 0 Å². The third kappa shape index (κ3) is 4.73. The van der Waals surface area contributed by atoms with E-state index in [2.05, 4.69) is 24.1 Å². The summed E-state index contributed by atoms with van der Waals surface area (Å²) in [6.07, 6.45) is 4.99. The average molecular weight is 329 g/mol. The van der Waals surface area contributed by atoms with Gasteiger partial charge in [0, 0.05) is 31.9 Å². The van der Waals surface area contributed by atoms with Gasteiger partial charge in [0.2, 0.25) is 0 Å². The number of carbonyl (C=O) groups is 1. The number of piperidine rings is 2. The van der Waals surface area contributed by atoms with Gasteiger partial charge in [-0.15, -0.1) is 0 Å². The molecular weight excluding hydrogens is 298 g/mol. The van der Waals surface area contributed by atoms with E-state index < -0.39 is 0 Å². The molecule has 0 aromatic heterocycles. The van der Waals surface area contributed by atoms with E-state index in [0.717, 1.165) is 43.5 Å². The Kier molecular flexibility index (Phi) is 5.77. The Hall–Kier alpha value is -1.55. The molecule has 1 atom stereocenters. The lowest BCUT2D eigenvalue weighted by molar-refractivity contribution is 0.125. The zero-order chi connectivity index (χ0) is 16.9. The molecule has 0 aliphatic carbocycles. The highest BCUT2D eigenvalue weighted by molar-refractivity contribution is 5.89. The summed E-state index contributed by atoms with van der Waals surface area (Å²) in [6.45, 7) is 9.92.